The van der Waals surface area contributed by atoms with Crippen LogP contribution < -0.4 is 0 Å². The fourth-order valence-corrected chi connectivity index (χ4v) is 1.76. The number of carbonyl (C=O) groups excluding carboxylic acids is 1. The molecule has 1 saturated heterocycles. The Bertz CT molecular complexity index is 219. The summed E-state index contributed by atoms with van der Waals surface area (Å²) in [5.74, 6) is -0.338. The fraction of sp³-hybridized carbons (Fsp3) is 0.875. The first-order chi connectivity index (χ1) is 6.42. The van der Waals surface area contributed by atoms with Gasteiger partial charge in [0.2, 0.25) is 5.91 Å². The Balaban J connectivity index is 2.32. The summed E-state index contributed by atoms with van der Waals surface area (Å²) in [6.07, 6.45) is -4.73. The molecule has 0 aromatic rings. The molecule has 1 atom stereocenters. The van der Waals surface area contributed by atoms with Gasteiger partial charge in [-0.15, -0.1) is 11.6 Å². The van der Waals surface area contributed by atoms with Crippen molar-refractivity contribution in [3.8, 4) is 0 Å². The number of hydrogen-bond acceptors (Lipinski definition) is 1. The first kappa shape index (κ1) is 11.6. The van der Waals surface area contributed by atoms with Crippen molar-refractivity contribution in [2.75, 3.05) is 12.5 Å². The molecule has 0 saturated carbocycles. The van der Waals surface area contributed by atoms with Gasteiger partial charge >= 0.3 is 6.18 Å². The lowest BCUT2D eigenvalue weighted by atomic mass is 10.0. The zero-order valence-corrected chi connectivity index (χ0v) is 8.24. The first-order valence-corrected chi connectivity index (χ1v) is 4.86. The molecule has 82 valence electrons. The van der Waals surface area contributed by atoms with E-state index < -0.39 is 12.6 Å². The molecule has 0 N–H and O–H groups in total. The quantitative estimate of drug-likeness (QED) is 0.538. The highest BCUT2D eigenvalue weighted by molar-refractivity contribution is 6.18. The van der Waals surface area contributed by atoms with Gasteiger partial charge in [-0.05, 0) is 12.3 Å². The Morgan fingerprint density at radius 3 is 2.57 bits per heavy atom. The van der Waals surface area contributed by atoms with E-state index in [2.05, 4.69) is 0 Å². The third-order valence-corrected chi connectivity index (χ3v) is 2.56. The number of halogens is 4. The van der Waals surface area contributed by atoms with Crippen LogP contribution >= 0.6 is 11.6 Å². The molecule has 1 aliphatic heterocycles. The number of nitrogens with zero attached hydrogens (tertiary/aromatic N) is 1. The van der Waals surface area contributed by atoms with Gasteiger partial charge in [0.05, 0.1) is 6.00 Å². The predicted octanol–water partition coefficient (Wildman–Crippen LogP) is 2.37. The van der Waals surface area contributed by atoms with Gasteiger partial charge in [0, 0.05) is 19.4 Å². The Kier molecular flexibility index (Phi) is 3.64. The predicted molar refractivity (Wildman–Crippen MR) is 45.8 cm³/mol. The molecule has 0 radical (unpaired) electrons. The molecule has 0 unspecified atom stereocenters. The van der Waals surface area contributed by atoms with Crippen molar-refractivity contribution in [3.63, 3.8) is 0 Å². The molecule has 1 rings (SSSR count). The SMILES string of the molecule is O=C1C[C@H](CCC(F)(F)F)CN1CCl. The summed E-state index contributed by atoms with van der Waals surface area (Å²) in [4.78, 5) is 12.5. The van der Waals surface area contributed by atoms with E-state index in [0.717, 1.165) is 0 Å². The van der Waals surface area contributed by atoms with Crippen LogP contribution in [0.5, 0.6) is 0 Å². The van der Waals surface area contributed by atoms with Crippen molar-refractivity contribution < 1.29 is 18.0 Å². The number of rotatable bonds is 3. The van der Waals surface area contributed by atoms with Crippen molar-refractivity contribution in [1.82, 2.24) is 4.90 Å². The van der Waals surface area contributed by atoms with E-state index in [4.69, 9.17) is 11.6 Å². The third kappa shape index (κ3) is 3.36. The summed E-state index contributed by atoms with van der Waals surface area (Å²) in [7, 11) is 0. The minimum absolute atomic E-state index is 0.0165. The first-order valence-electron chi connectivity index (χ1n) is 4.33. The minimum atomic E-state index is -4.13. The van der Waals surface area contributed by atoms with Crippen molar-refractivity contribution in [1.29, 1.82) is 0 Å². The standard InChI is InChI=1S/C8H11ClF3NO/c9-5-13-4-6(3-7(13)14)1-2-8(10,11)12/h6H,1-5H2/t6-/m0/s1. The maximum absolute atomic E-state index is 11.9. The average Bonchev–Trinajstić information content (AvgIpc) is 2.42. The van der Waals surface area contributed by atoms with Crippen LogP contribution in [0.1, 0.15) is 19.3 Å². The van der Waals surface area contributed by atoms with Crippen LogP contribution in [0.15, 0.2) is 0 Å². The van der Waals surface area contributed by atoms with E-state index in [1.165, 1.54) is 4.90 Å². The summed E-state index contributed by atoms with van der Waals surface area (Å²) in [5, 5.41) is 0. The Morgan fingerprint density at radius 1 is 1.50 bits per heavy atom. The van der Waals surface area contributed by atoms with Crippen LogP contribution in [-0.2, 0) is 4.79 Å². The van der Waals surface area contributed by atoms with Gasteiger partial charge in [-0.25, -0.2) is 0 Å². The van der Waals surface area contributed by atoms with Gasteiger partial charge < -0.3 is 4.90 Å². The molecule has 1 heterocycles. The molecule has 0 spiro atoms. The molecular formula is C8H11ClF3NO. The number of alkyl halides is 4. The zero-order valence-electron chi connectivity index (χ0n) is 7.48. The third-order valence-electron chi connectivity index (χ3n) is 2.27. The average molecular weight is 230 g/mol. The number of amides is 1. The van der Waals surface area contributed by atoms with Gasteiger partial charge in [-0.2, -0.15) is 13.2 Å². The highest BCUT2D eigenvalue weighted by Gasteiger charge is 2.33. The second-order valence-corrected chi connectivity index (χ2v) is 3.70. The van der Waals surface area contributed by atoms with Crippen LogP contribution in [0.25, 0.3) is 0 Å². The summed E-state index contributed by atoms with van der Waals surface area (Å²) in [5.41, 5.74) is 0. The van der Waals surface area contributed by atoms with Crippen LogP contribution in [0.2, 0.25) is 0 Å². The maximum Gasteiger partial charge on any atom is 0.389 e. The largest absolute Gasteiger partial charge is 0.389 e. The molecular weight excluding hydrogens is 219 g/mol. The van der Waals surface area contributed by atoms with Crippen LogP contribution in [-0.4, -0.2) is 29.5 Å². The van der Waals surface area contributed by atoms with Gasteiger partial charge in [0.1, 0.15) is 0 Å². The van der Waals surface area contributed by atoms with Crippen molar-refractivity contribution in [2.24, 2.45) is 5.92 Å². The maximum atomic E-state index is 11.9. The lowest BCUT2D eigenvalue weighted by Gasteiger charge is -2.13. The summed E-state index contributed by atoms with van der Waals surface area (Å²) in [6.45, 7) is 0.360. The minimum Gasteiger partial charge on any atom is -0.329 e. The number of carbonyl (C=O) groups is 1. The summed E-state index contributed by atoms with van der Waals surface area (Å²) < 4.78 is 35.6. The number of hydrogen-bond donors (Lipinski definition) is 0. The van der Waals surface area contributed by atoms with E-state index in [0.29, 0.717) is 6.54 Å². The molecule has 6 heteroatoms. The van der Waals surface area contributed by atoms with E-state index in [-0.39, 0.29) is 30.7 Å². The summed E-state index contributed by atoms with van der Waals surface area (Å²) in [6, 6.07) is 0.0708. The molecule has 1 amide bonds. The normalized spacial score (nSPS) is 23.3. The molecule has 14 heavy (non-hydrogen) atoms. The molecule has 1 fully saturated rings. The number of likely N-dealkylation sites (tertiary alicyclic amines) is 1. The van der Waals surface area contributed by atoms with Gasteiger partial charge in [0.15, 0.2) is 0 Å². The van der Waals surface area contributed by atoms with E-state index in [9.17, 15) is 18.0 Å². The van der Waals surface area contributed by atoms with Gasteiger partial charge in [-0.1, -0.05) is 0 Å². The monoisotopic (exact) mass is 229 g/mol. The second-order valence-electron chi connectivity index (χ2n) is 3.46. The zero-order chi connectivity index (χ0) is 10.8. The smallest absolute Gasteiger partial charge is 0.329 e. The molecule has 0 aliphatic carbocycles. The Labute approximate surface area is 85.0 Å². The van der Waals surface area contributed by atoms with Crippen LogP contribution in [0, 0.1) is 5.92 Å². The van der Waals surface area contributed by atoms with Crippen molar-refractivity contribution >= 4 is 17.5 Å². The second kappa shape index (κ2) is 4.38. The van der Waals surface area contributed by atoms with E-state index in [1.54, 1.807) is 0 Å². The van der Waals surface area contributed by atoms with Gasteiger partial charge in [0.25, 0.3) is 0 Å². The molecule has 2 nitrogen and oxygen atoms in total. The molecule has 0 bridgehead atoms. The lowest BCUT2D eigenvalue weighted by Crippen LogP contribution is -2.23. The lowest BCUT2D eigenvalue weighted by molar-refractivity contribution is -0.137. The highest BCUT2D eigenvalue weighted by atomic mass is 35.5. The van der Waals surface area contributed by atoms with Gasteiger partial charge in [-0.3, -0.25) is 4.79 Å². The molecule has 1 aliphatic rings. The van der Waals surface area contributed by atoms with Crippen LogP contribution in [0.4, 0.5) is 13.2 Å². The summed E-state index contributed by atoms with van der Waals surface area (Å²) >= 11 is 5.44. The highest BCUT2D eigenvalue weighted by Crippen LogP contribution is 2.28. The Morgan fingerprint density at radius 2 is 2.14 bits per heavy atom. The topological polar surface area (TPSA) is 20.3 Å². The Hall–Kier alpha value is -0.450. The van der Waals surface area contributed by atoms with E-state index in [1.807, 2.05) is 0 Å². The molecule has 0 aromatic carbocycles. The van der Waals surface area contributed by atoms with E-state index >= 15 is 0 Å². The fourth-order valence-electron chi connectivity index (χ4n) is 1.53. The van der Waals surface area contributed by atoms with Crippen molar-refractivity contribution in [2.45, 2.75) is 25.4 Å². The van der Waals surface area contributed by atoms with Crippen molar-refractivity contribution in [3.05, 3.63) is 0 Å². The van der Waals surface area contributed by atoms with Crippen LogP contribution in [0.3, 0.4) is 0 Å². The molecule has 0 aromatic heterocycles.